The molecule has 2 atom stereocenters. The van der Waals surface area contributed by atoms with Crippen molar-refractivity contribution < 1.29 is 33.6 Å². The highest BCUT2D eigenvalue weighted by molar-refractivity contribution is 6.08. The van der Waals surface area contributed by atoms with Crippen LogP contribution in [0, 0.1) is 0 Å². The van der Waals surface area contributed by atoms with Crippen molar-refractivity contribution in [2.45, 2.75) is 31.5 Å². The molecular weight excluding hydrogens is 388 g/mol. The van der Waals surface area contributed by atoms with E-state index in [9.17, 15) is 9.90 Å². The third kappa shape index (κ3) is 2.61. The van der Waals surface area contributed by atoms with Crippen LogP contribution in [0.1, 0.15) is 41.3 Å². The van der Waals surface area contributed by atoms with Crippen LogP contribution in [0.2, 0.25) is 0 Å². The normalized spacial score (nSPS) is 22.3. The van der Waals surface area contributed by atoms with Crippen LogP contribution in [-0.2, 0) is 0 Å². The molecular formula is C23H22O7. The smallest absolute Gasteiger partial charge is 0.181 e. The van der Waals surface area contributed by atoms with Crippen molar-refractivity contribution >= 4 is 11.9 Å². The van der Waals surface area contributed by atoms with E-state index in [2.05, 4.69) is 0 Å². The largest absolute Gasteiger partial charge is 0.507 e. The zero-order chi connectivity index (χ0) is 21.2. The summed E-state index contributed by atoms with van der Waals surface area (Å²) in [6.45, 7) is 4.02. The summed E-state index contributed by atoms with van der Waals surface area (Å²) in [4.78, 5) is 13.6. The fourth-order valence-electron chi connectivity index (χ4n) is 4.27. The van der Waals surface area contributed by atoms with Gasteiger partial charge in [-0.25, -0.2) is 0 Å². The molecule has 2 aromatic carbocycles. The lowest BCUT2D eigenvalue weighted by atomic mass is 9.80. The molecule has 0 saturated carbocycles. The molecule has 0 aliphatic carbocycles. The topological polar surface area (TPSA) is 83.5 Å². The Morgan fingerprint density at radius 1 is 1.10 bits per heavy atom. The van der Waals surface area contributed by atoms with E-state index in [1.54, 1.807) is 19.2 Å². The van der Waals surface area contributed by atoms with Gasteiger partial charge in [-0.1, -0.05) is 0 Å². The highest BCUT2D eigenvalue weighted by Crippen LogP contribution is 2.52. The molecule has 0 spiro atoms. The van der Waals surface area contributed by atoms with Crippen LogP contribution >= 0.6 is 0 Å². The summed E-state index contributed by atoms with van der Waals surface area (Å²) in [7, 11) is 3.07. The van der Waals surface area contributed by atoms with E-state index < -0.39 is 17.6 Å². The molecule has 1 unspecified atom stereocenters. The Balaban J connectivity index is 1.65. The number of carbonyl (C=O) groups excluding carboxylic acids is 1. The number of benzene rings is 2. The van der Waals surface area contributed by atoms with Crippen LogP contribution in [0.3, 0.4) is 0 Å². The van der Waals surface area contributed by atoms with E-state index in [0.29, 0.717) is 39.9 Å². The number of rotatable bonds is 2. The lowest BCUT2D eigenvalue weighted by Crippen LogP contribution is -2.43. The zero-order valence-corrected chi connectivity index (χ0v) is 17.1. The van der Waals surface area contributed by atoms with E-state index >= 15 is 0 Å². The number of methoxy groups -OCH3 is 2. The van der Waals surface area contributed by atoms with Gasteiger partial charge in [-0.05, 0) is 32.1 Å². The molecule has 3 aliphatic rings. The number of hydrogen-bond acceptors (Lipinski definition) is 7. The van der Waals surface area contributed by atoms with Gasteiger partial charge in [0.25, 0.3) is 0 Å². The molecule has 0 saturated heterocycles. The molecule has 7 heteroatoms. The fraction of sp³-hybridized carbons (Fsp3) is 0.348. The molecule has 7 nitrogen and oxygen atoms in total. The summed E-state index contributed by atoms with van der Waals surface area (Å²) in [5, 5.41) is 10.7. The van der Waals surface area contributed by atoms with Gasteiger partial charge in [0.2, 0.25) is 0 Å². The lowest BCUT2D eigenvalue weighted by molar-refractivity contribution is 0.0547. The van der Waals surface area contributed by atoms with Crippen molar-refractivity contribution in [3.05, 3.63) is 41.0 Å². The molecule has 0 bridgehead atoms. The number of ketones is 1. The minimum absolute atomic E-state index is 0.158. The first-order valence-corrected chi connectivity index (χ1v) is 9.71. The molecule has 156 valence electrons. The number of carbonyl (C=O) groups is 1. The summed E-state index contributed by atoms with van der Waals surface area (Å²) in [5.74, 6) is 1.34. The molecule has 0 aromatic heterocycles. The van der Waals surface area contributed by atoms with Crippen molar-refractivity contribution in [1.29, 1.82) is 0 Å². The molecule has 3 heterocycles. The molecule has 5 rings (SSSR count). The van der Waals surface area contributed by atoms with Crippen LogP contribution < -0.4 is 23.7 Å². The van der Waals surface area contributed by atoms with Gasteiger partial charge in [0.1, 0.15) is 46.9 Å². The van der Waals surface area contributed by atoms with Crippen molar-refractivity contribution in [3.63, 3.8) is 0 Å². The van der Waals surface area contributed by atoms with Gasteiger partial charge in [-0.15, -0.1) is 0 Å². The highest BCUT2D eigenvalue weighted by Gasteiger charge is 2.46. The lowest BCUT2D eigenvalue weighted by Gasteiger charge is -2.39. The van der Waals surface area contributed by atoms with Crippen LogP contribution in [0.5, 0.6) is 34.5 Å². The van der Waals surface area contributed by atoms with Crippen molar-refractivity contribution in [2.75, 3.05) is 20.8 Å². The Morgan fingerprint density at radius 3 is 2.57 bits per heavy atom. The third-order valence-corrected chi connectivity index (χ3v) is 5.71. The first-order chi connectivity index (χ1) is 14.3. The minimum atomic E-state index is -0.630. The average molecular weight is 410 g/mol. The van der Waals surface area contributed by atoms with Gasteiger partial charge < -0.3 is 28.8 Å². The van der Waals surface area contributed by atoms with Crippen LogP contribution in [0.25, 0.3) is 6.08 Å². The van der Waals surface area contributed by atoms with Crippen molar-refractivity contribution in [1.82, 2.24) is 0 Å². The SMILES string of the molecule is COc1cc2c(cc1OC)[C@H]1C(=O)c3c(O)cc4c(c3OC1CO2)C=CC(C)(C)O4. The summed E-state index contributed by atoms with van der Waals surface area (Å²) in [6.07, 6.45) is 3.23. The number of phenolic OH excluding ortho intramolecular Hbond substituents is 1. The maximum atomic E-state index is 13.6. The number of Topliss-reactive ketones (excluding diaryl/α,β-unsaturated/α-hetero) is 1. The number of fused-ring (bicyclic) bond motifs is 6. The van der Waals surface area contributed by atoms with Gasteiger partial charge in [0, 0.05) is 17.7 Å². The van der Waals surface area contributed by atoms with Crippen molar-refractivity contribution in [2.24, 2.45) is 0 Å². The van der Waals surface area contributed by atoms with Gasteiger partial charge in [-0.3, -0.25) is 4.79 Å². The Labute approximate surface area is 173 Å². The number of hydrogen-bond donors (Lipinski definition) is 1. The van der Waals surface area contributed by atoms with Gasteiger partial charge in [0.15, 0.2) is 17.3 Å². The monoisotopic (exact) mass is 410 g/mol. The second-order valence-corrected chi connectivity index (χ2v) is 8.10. The first-order valence-electron chi connectivity index (χ1n) is 9.71. The molecule has 30 heavy (non-hydrogen) atoms. The Hall–Kier alpha value is -3.35. The maximum absolute atomic E-state index is 13.6. The highest BCUT2D eigenvalue weighted by atomic mass is 16.5. The van der Waals surface area contributed by atoms with Crippen LogP contribution in [-0.4, -0.2) is 43.4 Å². The van der Waals surface area contributed by atoms with E-state index in [0.717, 1.165) is 0 Å². The third-order valence-electron chi connectivity index (χ3n) is 5.71. The van der Waals surface area contributed by atoms with Gasteiger partial charge in [-0.2, -0.15) is 0 Å². The van der Waals surface area contributed by atoms with E-state index in [1.807, 2.05) is 26.0 Å². The molecule has 1 N–H and O–H groups in total. The first kappa shape index (κ1) is 18.7. The summed E-state index contributed by atoms with van der Waals surface area (Å²) < 4.78 is 28.8. The predicted molar refractivity (Wildman–Crippen MR) is 108 cm³/mol. The van der Waals surface area contributed by atoms with Crippen LogP contribution in [0.4, 0.5) is 0 Å². The summed E-state index contributed by atoms with van der Waals surface area (Å²) in [5.41, 5.74) is 0.930. The molecule has 3 aliphatic heterocycles. The van der Waals surface area contributed by atoms with Gasteiger partial charge in [0.05, 0.1) is 25.7 Å². The minimum Gasteiger partial charge on any atom is -0.507 e. The molecule has 2 aromatic rings. The predicted octanol–water partition coefficient (Wildman–Crippen LogP) is 3.71. The van der Waals surface area contributed by atoms with Gasteiger partial charge >= 0.3 is 0 Å². The van der Waals surface area contributed by atoms with E-state index in [1.165, 1.54) is 13.2 Å². The van der Waals surface area contributed by atoms with Crippen LogP contribution in [0.15, 0.2) is 24.3 Å². The summed E-state index contributed by atoms with van der Waals surface area (Å²) in [6, 6.07) is 4.92. The standard InChI is InChI=1S/C23H22O7/c1-23(2)6-5-11-15(30-23)8-13(24)20-21(25)19-12-7-16(26-3)17(27-4)9-14(12)28-10-18(19)29-22(11)20/h5-9,18-19,24H,10H2,1-4H3/t18?,19-/m1/s1. The van der Waals surface area contributed by atoms with E-state index in [4.69, 9.17) is 23.7 Å². The average Bonchev–Trinajstić information content (AvgIpc) is 2.71. The number of aromatic hydroxyl groups is 1. The molecule has 0 amide bonds. The van der Waals surface area contributed by atoms with E-state index in [-0.39, 0.29) is 23.7 Å². The second-order valence-electron chi connectivity index (χ2n) is 8.10. The quantitative estimate of drug-likeness (QED) is 0.808. The zero-order valence-electron chi connectivity index (χ0n) is 17.1. The maximum Gasteiger partial charge on any atom is 0.181 e. The fourth-order valence-corrected chi connectivity index (χ4v) is 4.27. The Kier molecular flexibility index (Phi) is 3.93. The number of phenols is 1. The molecule has 0 fully saturated rings. The molecule has 0 radical (unpaired) electrons. The number of ether oxygens (including phenoxy) is 5. The summed E-state index contributed by atoms with van der Waals surface area (Å²) >= 11 is 0. The Morgan fingerprint density at radius 2 is 1.83 bits per heavy atom. The second kappa shape index (κ2) is 6.32. The Bertz CT molecular complexity index is 1100. The van der Waals surface area contributed by atoms with Crippen molar-refractivity contribution in [3.8, 4) is 34.5 Å².